The number of ether oxygens (including phenoxy) is 1. The van der Waals surface area contributed by atoms with E-state index in [-0.39, 0.29) is 12.0 Å². The van der Waals surface area contributed by atoms with E-state index in [1.165, 1.54) is 0 Å². The Morgan fingerprint density at radius 1 is 1.33 bits per heavy atom. The molecule has 5 heteroatoms. The number of rotatable bonds is 4. The number of nitrogens with one attached hydrogen (secondary N) is 1. The maximum atomic E-state index is 12.2. The molecule has 1 N–H and O–H groups in total. The zero-order valence-corrected chi connectivity index (χ0v) is 13.8. The molecule has 0 atom stereocenters. The lowest BCUT2D eigenvalue weighted by Crippen LogP contribution is -2.14. The van der Waals surface area contributed by atoms with E-state index in [1.54, 1.807) is 18.3 Å². The highest BCUT2D eigenvalue weighted by atomic mass is 79.9. The van der Waals surface area contributed by atoms with Gasteiger partial charge >= 0.3 is 0 Å². The molecule has 0 spiro atoms. The summed E-state index contributed by atoms with van der Waals surface area (Å²) in [6.45, 7) is 5.89. The van der Waals surface area contributed by atoms with Crippen LogP contribution in [0.3, 0.4) is 0 Å². The van der Waals surface area contributed by atoms with Crippen LogP contribution in [0.2, 0.25) is 0 Å². The number of aromatic nitrogens is 1. The number of carbonyl (C=O) groups excluding carboxylic acids is 1. The third-order valence-electron chi connectivity index (χ3n) is 2.82. The van der Waals surface area contributed by atoms with Gasteiger partial charge in [0.15, 0.2) is 0 Å². The summed E-state index contributed by atoms with van der Waals surface area (Å²) in [6, 6.07) is 9.05. The number of halogens is 1. The lowest BCUT2D eigenvalue weighted by molar-refractivity contribution is 0.102. The molecule has 0 unspecified atom stereocenters. The fraction of sp³-hybridized carbons (Fsp3) is 0.250. The number of anilines is 1. The Morgan fingerprint density at radius 3 is 2.71 bits per heavy atom. The summed E-state index contributed by atoms with van der Waals surface area (Å²) in [4.78, 5) is 16.3. The Labute approximate surface area is 132 Å². The van der Waals surface area contributed by atoms with Gasteiger partial charge in [0.1, 0.15) is 10.4 Å². The van der Waals surface area contributed by atoms with Crippen molar-refractivity contribution in [2.75, 3.05) is 5.32 Å². The van der Waals surface area contributed by atoms with E-state index in [4.69, 9.17) is 4.74 Å². The standard InChI is InChI=1S/C16H17BrN2O2/c1-10(2)21-12-6-7-14(11(3)9-12)19-16(20)13-5-4-8-18-15(13)17/h4-10H,1-3H3,(H,19,20). The van der Waals surface area contributed by atoms with Crippen molar-refractivity contribution in [3.8, 4) is 5.75 Å². The smallest absolute Gasteiger partial charge is 0.258 e. The van der Waals surface area contributed by atoms with Crippen molar-refractivity contribution in [2.45, 2.75) is 26.9 Å². The summed E-state index contributed by atoms with van der Waals surface area (Å²) in [6.07, 6.45) is 1.75. The first-order chi connectivity index (χ1) is 9.97. The van der Waals surface area contributed by atoms with Crippen molar-refractivity contribution in [1.82, 2.24) is 4.98 Å². The molecule has 1 aromatic heterocycles. The number of nitrogens with zero attached hydrogens (tertiary/aromatic N) is 1. The van der Waals surface area contributed by atoms with Crippen molar-refractivity contribution in [1.29, 1.82) is 0 Å². The largest absolute Gasteiger partial charge is 0.491 e. The number of hydrogen-bond acceptors (Lipinski definition) is 3. The molecule has 1 aromatic carbocycles. The third-order valence-corrected chi connectivity index (χ3v) is 3.45. The van der Waals surface area contributed by atoms with E-state index in [1.807, 2.05) is 39.0 Å². The minimum Gasteiger partial charge on any atom is -0.491 e. The number of benzene rings is 1. The molecule has 0 aliphatic carbocycles. The van der Waals surface area contributed by atoms with Gasteiger partial charge in [-0.1, -0.05) is 0 Å². The summed E-state index contributed by atoms with van der Waals surface area (Å²) in [5.74, 6) is 0.596. The molecule has 0 radical (unpaired) electrons. The molecule has 1 heterocycles. The molecule has 0 aliphatic rings. The second-order valence-corrected chi connectivity index (χ2v) is 5.69. The minimum atomic E-state index is -0.199. The second kappa shape index (κ2) is 6.72. The Bertz CT molecular complexity index is 656. The molecular formula is C16H17BrN2O2. The van der Waals surface area contributed by atoms with Gasteiger partial charge < -0.3 is 10.1 Å². The topological polar surface area (TPSA) is 51.2 Å². The van der Waals surface area contributed by atoms with Gasteiger partial charge in [-0.05, 0) is 72.6 Å². The van der Waals surface area contributed by atoms with Crippen LogP contribution in [0.1, 0.15) is 29.8 Å². The highest BCUT2D eigenvalue weighted by Crippen LogP contribution is 2.23. The summed E-state index contributed by atoms with van der Waals surface area (Å²) in [7, 11) is 0. The SMILES string of the molecule is Cc1cc(OC(C)C)ccc1NC(=O)c1cccnc1Br. The highest BCUT2D eigenvalue weighted by Gasteiger charge is 2.12. The number of aryl methyl sites for hydroxylation is 1. The van der Waals surface area contributed by atoms with Gasteiger partial charge in [0.05, 0.1) is 11.7 Å². The van der Waals surface area contributed by atoms with Gasteiger partial charge in [-0.3, -0.25) is 4.79 Å². The van der Waals surface area contributed by atoms with Crippen LogP contribution in [0.5, 0.6) is 5.75 Å². The first-order valence-corrected chi connectivity index (χ1v) is 7.46. The van der Waals surface area contributed by atoms with Crippen molar-refractivity contribution >= 4 is 27.5 Å². The number of pyridine rings is 1. The van der Waals surface area contributed by atoms with Crippen LogP contribution in [0.25, 0.3) is 0 Å². The zero-order valence-electron chi connectivity index (χ0n) is 12.2. The summed E-state index contributed by atoms with van der Waals surface area (Å²) in [5, 5.41) is 2.88. The van der Waals surface area contributed by atoms with E-state index in [2.05, 4.69) is 26.2 Å². The Morgan fingerprint density at radius 2 is 2.10 bits per heavy atom. The lowest BCUT2D eigenvalue weighted by atomic mass is 10.1. The van der Waals surface area contributed by atoms with Gasteiger partial charge in [0, 0.05) is 11.9 Å². The normalized spacial score (nSPS) is 10.5. The first kappa shape index (κ1) is 15.5. The number of amides is 1. The minimum absolute atomic E-state index is 0.121. The van der Waals surface area contributed by atoms with E-state index >= 15 is 0 Å². The number of hydrogen-bond donors (Lipinski definition) is 1. The fourth-order valence-electron chi connectivity index (χ4n) is 1.87. The molecule has 0 saturated carbocycles. The monoisotopic (exact) mass is 348 g/mol. The van der Waals surface area contributed by atoms with Crippen molar-refractivity contribution in [2.24, 2.45) is 0 Å². The van der Waals surface area contributed by atoms with Crippen molar-refractivity contribution < 1.29 is 9.53 Å². The predicted molar refractivity (Wildman–Crippen MR) is 86.8 cm³/mol. The van der Waals surface area contributed by atoms with Crippen LogP contribution in [0.4, 0.5) is 5.69 Å². The molecule has 21 heavy (non-hydrogen) atoms. The Hall–Kier alpha value is -1.88. The van der Waals surface area contributed by atoms with Crippen LogP contribution in [0, 0.1) is 6.92 Å². The van der Waals surface area contributed by atoms with E-state index in [0.717, 1.165) is 17.0 Å². The average Bonchev–Trinajstić information content (AvgIpc) is 2.41. The van der Waals surface area contributed by atoms with Gasteiger partial charge in [0.2, 0.25) is 0 Å². The van der Waals surface area contributed by atoms with Crippen molar-refractivity contribution in [3.63, 3.8) is 0 Å². The highest BCUT2D eigenvalue weighted by molar-refractivity contribution is 9.10. The van der Waals surface area contributed by atoms with Gasteiger partial charge in [0.25, 0.3) is 5.91 Å². The van der Waals surface area contributed by atoms with Crippen LogP contribution < -0.4 is 10.1 Å². The maximum absolute atomic E-state index is 12.2. The summed E-state index contributed by atoms with van der Waals surface area (Å²) in [5.41, 5.74) is 2.20. The van der Waals surface area contributed by atoms with Crippen LogP contribution in [-0.4, -0.2) is 17.0 Å². The van der Waals surface area contributed by atoms with Crippen molar-refractivity contribution in [3.05, 3.63) is 52.3 Å². The fourth-order valence-corrected chi connectivity index (χ4v) is 2.30. The van der Waals surface area contributed by atoms with E-state index in [0.29, 0.717) is 10.2 Å². The third kappa shape index (κ3) is 4.04. The Kier molecular flexibility index (Phi) is 4.96. The van der Waals surface area contributed by atoms with E-state index in [9.17, 15) is 4.79 Å². The molecule has 0 fully saturated rings. The molecule has 4 nitrogen and oxygen atoms in total. The average molecular weight is 349 g/mol. The van der Waals surface area contributed by atoms with Crippen LogP contribution in [0.15, 0.2) is 41.1 Å². The molecule has 0 aliphatic heterocycles. The molecule has 0 saturated heterocycles. The Balaban J connectivity index is 2.17. The molecule has 110 valence electrons. The maximum Gasteiger partial charge on any atom is 0.258 e. The molecular weight excluding hydrogens is 332 g/mol. The first-order valence-electron chi connectivity index (χ1n) is 6.66. The van der Waals surface area contributed by atoms with E-state index < -0.39 is 0 Å². The van der Waals surface area contributed by atoms with Gasteiger partial charge in [-0.15, -0.1) is 0 Å². The molecule has 0 bridgehead atoms. The van der Waals surface area contributed by atoms with Gasteiger partial charge in [-0.2, -0.15) is 0 Å². The van der Waals surface area contributed by atoms with Crippen LogP contribution in [-0.2, 0) is 0 Å². The molecule has 1 amide bonds. The quantitative estimate of drug-likeness (QED) is 0.842. The molecule has 2 aromatic rings. The lowest BCUT2D eigenvalue weighted by Gasteiger charge is -2.13. The zero-order chi connectivity index (χ0) is 15.4. The van der Waals surface area contributed by atoms with Gasteiger partial charge in [-0.25, -0.2) is 4.98 Å². The molecule has 2 rings (SSSR count). The summed E-state index contributed by atoms with van der Waals surface area (Å²) >= 11 is 3.28. The van der Waals surface area contributed by atoms with Crippen LogP contribution >= 0.6 is 15.9 Å². The predicted octanol–water partition coefficient (Wildman–Crippen LogP) is 4.19. The number of carbonyl (C=O) groups is 1. The second-order valence-electron chi connectivity index (χ2n) is 4.94. The summed E-state index contributed by atoms with van der Waals surface area (Å²) < 4.78 is 6.16.